The van der Waals surface area contributed by atoms with E-state index in [-0.39, 0.29) is 13.1 Å². The standard InChI is InChI=1S/C17H26N2O3/c1-6-11-18-14(20)17(8-3,10-9-13(4)5)15(21)19(12-7-2)16(18)22/h6-7,13H,1-2,8-12H2,3-5H3. The molecule has 5 heteroatoms. The highest BCUT2D eigenvalue weighted by Crippen LogP contribution is 2.38. The first kappa shape index (κ1) is 18.1. The summed E-state index contributed by atoms with van der Waals surface area (Å²) in [6, 6.07) is -0.580. The van der Waals surface area contributed by atoms with Crippen LogP contribution >= 0.6 is 0 Å². The zero-order valence-corrected chi connectivity index (χ0v) is 13.8. The first-order valence-electron chi connectivity index (χ1n) is 7.75. The normalized spacial score (nSPS) is 18.1. The molecule has 0 aromatic carbocycles. The summed E-state index contributed by atoms with van der Waals surface area (Å²) >= 11 is 0. The Morgan fingerprint density at radius 3 is 1.82 bits per heavy atom. The lowest BCUT2D eigenvalue weighted by Gasteiger charge is -2.43. The van der Waals surface area contributed by atoms with Crippen LogP contribution in [0.2, 0.25) is 0 Å². The maximum absolute atomic E-state index is 12.8. The van der Waals surface area contributed by atoms with Crippen LogP contribution < -0.4 is 0 Å². The molecule has 0 radical (unpaired) electrons. The molecular weight excluding hydrogens is 280 g/mol. The van der Waals surface area contributed by atoms with E-state index in [0.29, 0.717) is 18.8 Å². The number of imide groups is 2. The van der Waals surface area contributed by atoms with Crippen LogP contribution in [0, 0.1) is 11.3 Å². The van der Waals surface area contributed by atoms with Crippen LogP contribution in [0.3, 0.4) is 0 Å². The second kappa shape index (κ2) is 7.38. The van der Waals surface area contributed by atoms with Crippen molar-refractivity contribution in [3.8, 4) is 0 Å². The SMILES string of the molecule is C=CCN1C(=O)N(CC=C)C(=O)C(CC)(CCC(C)C)C1=O. The first-order chi connectivity index (χ1) is 10.4. The molecule has 22 heavy (non-hydrogen) atoms. The van der Waals surface area contributed by atoms with Crippen molar-refractivity contribution >= 4 is 17.8 Å². The van der Waals surface area contributed by atoms with Gasteiger partial charge in [0, 0.05) is 13.1 Å². The lowest BCUT2D eigenvalue weighted by atomic mass is 9.75. The molecule has 1 saturated heterocycles. The fourth-order valence-corrected chi connectivity index (χ4v) is 2.74. The minimum absolute atomic E-state index is 0.113. The fourth-order valence-electron chi connectivity index (χ4n) is 2.74. The number of barbiturate groups is 1. The summed E-state index contributed by atoms with van der Waals surface area (Å²) in [6.45, 7) is 13.3. The molecule has 1 fully saturated rings. The van der Waals surface area contributed by atoms with Crippen LogP contribution in [0.25, 0.3) is 0 Å². The van der Waals surface area contributed by atoms with E-state index >= 15 is 0 Å². The van der Waals surface area contributed by atoms with Crippen LogP contribution in [0.5, 0.6) is 0 Å². The summed E-state index contributed by atoms with van der Waals surface area (Å²) in [5, 5.41) is 0. The summed E-state index contributed by atoms with van der Waals surface area (Å²) in [4.78, 5) is 40.3. The molecule has 4 amide bonds. The van der Waals surface area contributed by atoms with Gasteiger partial charge in [-0.15, -0.1) is 13.2 Å². The summed E-state index contributed by atoms with van der Waals surface area (Å²) in [5.74, 6) is -0.418. The smallest absolute Gasteiger partial charge is 0.273 e. The predicted octanol–water partition coefficient (Wildman–Crippen LogP) is 2.98. The van der Waals surface area contributed by atoms with Gasteiger partial charge in [-0.1, -0.05) is 32.9 Å². The second-order valence-electron chi connectivity index (χ2n) is 6.06. The zero-order valence-electron chi connectivity index (χ0n) is 13.8. The number of hydrogen-bond donors (Lipinski definition) is 0. The van der Waals surface area contributed by atoms with Gasteiger partial charge in [0.05, 0.1) is 0 Å². The Morgan fingerprint density at radius 2 is 1.50 bits per heavy atom. The monoisotopic (exact) mass is 306 g/mol. The molecule has 5 nitrogen and oxygen atoms in total. The van der Waals surface area contributed by atoms with E-state index in [4.69, 9.17) is 0 Å². The maximum atomic E-state index is 12.8. The zero-order chi connectivity index (χ0) is 16.9. The van der Waals surface area contributed by atoms with Crippen molar-refractivity contribution in [3.05, 3.63) is 25.3 Å². The molecular formula is C17H26N2O3. The van der Waals surface area contributed by atoms with Crippen molar-refractivity contribution in [2.45, 2.75) is 40.0 Å². The quantitative estimate of drug-likeness (QED) is 0.511. The van der Waals surface area contributed by atoms with Crippen molar-refractivity contribution in [3.63, 3.8) is 0 Å². The molecule has 1 aliphatic rings. The number of hydrogen-bond acceptors (Lipinski definition) is 3. The maximum Gasteiger partial charge on any atom is 0.334 e. The number of amides is 4. The Morgan fingerprint density at radius 1 is 1.05 bits per heavy atom. The number of carbonyl (C=O) groups is 3. The molecule has 0 unspecified atom stereocenters. The highest BCUT2D eigenvalue weighted by Gasteiger charge is 2.55. The summed E-state index contributed by atoms with van der Waals surface area (Å²) in [7, 11) is 0. The number of carbonyl (C=O) groups excluding carboxylic acids is 3. The first-order valence-corrected chi connectivity index (χ1v) is 7.75. The van der Waals surface area contributed by atoms with Crippen molar-refractivity contribution in [2.75, 3.05) is 13.1 Å². The third-order valence-corrected chi connectivity index (χ3v) is 4.15. The molecule has 1 rings (SSSR count). The molecule has 1 aliphatic heterocycles. The molecule has 0 aromatic rings. The van der Waals surface area contributed by atoms with Gasteiger partial charge in [0.1, 0.15) is 5.41 Å². The van der Waals surface area contributed by atoms with Crippen molar-refractivity contribution < 1.29 is 14.4 Å². The van der Waals surface area contributed by atoms with E-state index in [1.54, 1.807) is 0 Å². The molecule has 0 aliphatic carbocycles. The third-order valence-electron chi connectivity index (χ3n) is 4.15. The average molecular weight is 306 g/mol. The lowest BCUT2D eigenvalue weighted by Crippen LogP contribution is -2.65. The van der Waals surface area contributed by atoms with Gasteiger partial charge in [-0.3, -0.25) is 19.4 Å². The van der Waals surface area contributed by atoms with Crippen LogP contribution in [0.4, 0.5) is 4.79 Å². The minimum Gasteiger partial charge on any atom is -0.273 e. The summed E-state index contributed by atoms with van der Waals surface area (Å²) < 4.78 is 0. The van der Waals surface area contributed by atoms with Crippen LogP contribution in [-0.4, -0.2) is 40.7 Å². The number of urea groups is 1. The van der Waals surface area contributed by atoms with Gasteiger partial charge < -0.3 is 0 Å². The van der Waals surface area contributed by atoms with Crippen molar-refractivity contribution in [2.24, 2.45) is 11.3 Å². The number of rotatable bonds is 8. The Labute approximate surface area is 132 Å². The van der Waals surface area contributed by atoms with Crippen LogP contribution in [0.15, 0.2) is 25.3 Å². The van der Waals surface area contributed by atoms with Gasteiger partial charge in [-0.05, 0) is 25.2 Å². The largest absolute Gasteiger partial charge is 0.334 e. The van der Waals surface area contributed by atoms with Gasteiger partial charge in [0.15, 0.2) is 0 Å². The van der Waals surface area contributed by atoms with E-state index < -0.39 is 23.3 Å². The highest BCUT2D eigenvalue weighted by atomic mass is 16.2. The van der Waals surface area contributed by atoms with E-state index in [0.717, 1.165) is 16.2 Å². The molecule has 0 aromatic heterocycles. The Bertz CT molecular complexity index is 450. The summed E-state index contributed by atoms with van der Waals surface area (Å²) in [5.41, 5.74) is -1.15. The Kier molecular flexibility index (Phi) is 6.09. The fraction of sp³-hybridized carbons (Fsp3) is 0.588. The van der Waals surface area contributed by atoms with Gasteiger partial charge in [0.2, 0.25) is 11.8 Å². The van der Waals surface area contributed by atoms with Crippen LogP contribution in [-0.2, 0) is 9.59 Å². The third kappa shape index (κ3) is 3.13. The van der Waals surface area contributed by atoms with Crippen molar-refractivity contribution in [1.82, 2.24) is 9.80 Å². The van der Waals surface area contributed by atoms with E-state index in [9.17, 15) is 14.4 Å². The molecule has 0 spiro atoms. The second-order valence-corrected chi connectivity index (χ2v) is 6.06. The van der Waals surface area contributed by atoms with E-state index in [1.165, 1.54) is 12.2 Å². The Balaban J connectivity index is 3.28. The summed E-state index contributed by atoms with van der Waals surface area (Å²) in [6.07, 6.45) is 4.59. The van der Waals surface area contributed by atoms with E-state index in [1.807, 2.05) is 6.92 Å². The lowest BCUT2D eigenvalue weighted by molar-refractivity contribution is -0.159. The molecule has 0 N–H and O–H groups in total. The predicted molar refractivity (Wildman–Crippen MR) is 86.0 cm³/mol. The number of nitrogens with zero attached hydrogens (tertiary/aromatic N) is 2. The highest BCUT2D eigenvalue weighted by molar-refractivity contribution is 6.19. The van der Waals surface area contributed by atoms with Gasteiger partial charge in [-0.25, -0.2) is 4.79 Å². The van der Waals surface area contributed by atoms with Crippen molar-refractivity contribution in [1.29, 1.82) is 0 Å². The molecule has 0 bridgehead atoms. The van der Waals surface area contributed by atoms with E-state index in [2.05, 4.69) is 27.0 Å². The molecule has 0 saturated carbocycles. The van der Waals surface area contributed by atoms with Gasteiger partial charge >= 0.3 is 6.03 Å². The van der Waals surface area contributed by atoms with Gasteiger partial charge in [-0.2, -0.15) is 0 Å². The Hall–Kier alpha value is -1.91. The minimum atomic E-state index is -1.15. The molecule has 1 heterocycles. The average Bonchev–Trinajstić information content (AvgIpc) is 2.48. The topological polar surface area (TPSA) is 57.7 Å². The van der Waals surface area contributed by atoms with Crippen LogP contribution in [0.1, 0.15) is 40.0 Å². The van der Waals surface area contributed by atoms with Gasteiger partial charge in [0.25, 0.3) is 0 Å². The molecule has 122 valence electrons. The molecule has 0 atom stereocenters.